The Balaban J connectivity index is 1.70. The van der Waals surface area contributed by atoms with Crippen LogP contribution in [-0.4, -0.2) is 49.7 Å². The highest BCUT2D eigenvalue weighted by Crippen LogP contribution is 2.26. The zero-order valence-electron chi connectivity index (χ0n) is 17.5. The van der Waals surface area contributed by atoms with Gasteiger partial charge in [-0.05, 0) is 44.4 Å². The first-order valence-corrected chi connectivity index (χ1v) is 10.1. The van der Waals surface area contributed by atoms with Crippen LogP contribution in [0.1, 0.15) is 36.7 Å². The molecule has 0 N–H and O–H groups in total. The molecule has 0 atom stereocenters. The molecule has 27 heavy (non-hydrogen) atoms. The third kappa shape index (κ3) is 4.52. The molecule has 2 aromatic rings. The Morgan fingerprint density at radius 1 is 1.00 bits per heavy atom. The zero-order chi connectivity index (χ0) is 19.4. The predicted octanol–water partition coefficient (Wildman–Crippen LogP) is 3.96. The van der Waals surface area contributed by atoms with Crippen molar-refractivity contribution in [2.24, 2.45) is 0 Å². The number of unbranched alkanes of at least 4 members (excludes halogenated alkanes) is 1. The maximum Gasteiger partial charge on any atom is 0.134 e. The van der Waals surface area contributed by atoms with Crippen molar-refractivity contribution in [2.75, 3.05) is 54.5 Å². The van der Waals surface area contributed by atoms with Crippen molar-refractivity contribution in [3.63, 3.8) is 0 Å². The smallest absolute Gasteiger partial charge is 0.134 e. The van der Waals surface area contributed by atoms with Crippen LogP contribution in [-0.2, 0) is 0 Å². The summed E-state index contributed by atoms with van der Waals surface area (Å²) in [7, 11) is 2.12. The molecule has 0 bridgehead atoms. The number of hydrogen-bond acceptors (Lipinski definition) is 5. The summed E-state index contributed by atoms with van der Waals surface area (Å²) in [6, 6.07) is 8.75. The van der Waals surface area contributed by atoms with Crippen molar-refractivity contribution >= 4 is 17.3 Å². The molecule has 0 radical (unpaired) electrons. The van der Waals surface area contributed by atoms with E-state index in [0.717, 1.165) is 50.2 Å². The molecule has 1 fully saturated rings. The standard InChI is InChI=1S/C22H33N5/c1-6-7-11-25(5)21-16-22(24-19(4)23-21)27-14-12-26(13-15-27)20-10-8-9-17(2)18(20)3/h8-10,16H,6-7,11-15H2,1-5H3. The largest absolute Gasteiger partial charge is 0.368 e. The van der Waals surface area contributed by atoms with Crippen molar-refractivity contribution in [2.45, 2.75) is 40.5 Å². The van der Waals surface area contributed by atoms with E-state index < -0.39 is 0 Å². The molecule has 5 heteroatoms. The fourth-order valence-corrected chi connectivity index (χ4v) is 3.66. The number of hydrogen-bond donors (Lipinski definition) is 0. The Kier molecular flexibility index (Phi) is 6.19. The Labute approximate surface area is 164 Å². The minimum Gasteiger partial charge on any atom is -0.368 e. The van der Waals surface area contributed by atoms with Crippen LogP contribution in [0.2, 0.25) is 0 Å². The summed E-state index contributed by atoms with van der Waals surface area (Å²) in [5.41, 5.74) is 4.12. The summed E-state index contributed by atoms with van der Waals surface area (Å²) in [6.45, 7) is 13.7. The van der Waals surface area contributed by atoms with E-state index in [1.807, 2.05) is 6.92 Å². The number of nitrogens with zero attached hydrogens (tertiary/aromatic N) is 5. The second-order valence-electron chi connectivity index (χ2n) is 7.60. The SMILES string of the molecule is CCCCN(C)c1cc(N2CCN(c3cccc(C)c3C)CC2)nc(C)n1. The minimum atomic E-state index is 0.850. The van der Waals surface area contributed by atoms with Gasteiger partial charge in [0.15, 0.2) is 0 Å². The molecule has 146 valence electrons. The van der Waals surface area contributed by atoms with Gasteiger partial charge in [-0.25, -0.2) is 9.97 Å². The van der Waals surface area contributed by atoms with Crippen molar-refractivity contribution < 1.29 is 0 Å². The van der Waals surface area contributed by atoms with E-state index in [2.05, 4.69) is 71.8 Å². The minimum absolute atomic E-state index is 0.850. The van der Waals surface area contributed by atoms with Gasteiger partial charge in [0.1, 0.15) is 17.5 Å². The van der Waals surface area contributed by atoms with E-state index in [-0.39, 0.29) is 0 Å². The van der Waals surface area contributed by atoms with Crippen molar-refractivity contribution in [1.82, 2.24) is 9.97 Å². The number of anilines is 3. The number of piperazine rings is 1. The molecular formula is C22H33N5. The van der Waals surface area contributed by atoms with Gasteiger partial charge in [0.2, 0.25) is 0 Å². The van der Waals surface area contributed by atoms with Gasteiger partial charge in [0.05, 0.1) is 0 Å². The van der Waals surface area contributed by atoms with E-state index >= 15 is 0 Å². The van der Waals surface area contributed by atoms with Crippen LogP contribution in [0.15, 0.2) is 24.3 Å². The summed E-state index contributed by atoms with van der Waals surface area (Å²) >= 11 is 0. The number of aromatic nitrogens is 2. The highest BCUT2D eigenvalue weighted by molar-refractivity contribution is 5.58. The van der Waals surface area contributed by atoms with Gasteiger partial charge in [-0.2, -0.15) is 0 Å². The first-order valence-electron chi connectivity index (χ1n) is 10.1. The van der Waals surface area contributed by atoms with Crippen LogP contribution < -0.4 is 14.7 Å². The molecule has 0 amide bonds. The molecule has 0 aliphatic carbocycles. The number of aryl methyl sites for hydroxylation is 2. The highest BCUT2D eigenvalue weighted by atomic mass is 15.3. The fourth-order valence-electron chi connectivity index (χ4n) is 3.66. The Bertz CT molecular complexity index is 765. The van der Waals surface area contributed by atoms with Crippen LogP contribution in [0.5, 0.6) is 0 Å². The molecule has 2 heterocycles. The second-order valence-corrected chi connectivity index (χ2v) is 7.60. The first kappa shape index (κ1) is 19.5. The predicted molar refractivity (Wildman–Crippen MR) is 115 cm³/mol. The van der Waals surface area contributed by atoms with Gasteiger partial charge in [-0.3, -0.25) is 0 Å². The molecule has 1 aliphatic heterocycles. The molecule has 1 aromatic heterocycles. The van der Waals surface area contributed by atoms with E-state index in [4.69, 9.17) is 4.98 Å². The molecular weight excluding hydrogens is 334 g/mol. The summed E-state index contributed by atoms with van der Waals surface area (Å²) in [4.78, 5) is 16.5. The summed E-state index contributed by atoms with van der Waals surface area (Å²) in [6.07, 6.45) is 2.38. The van der Waals surface area contributed by atoms with Crippen LogP contribution in [0, 0.1) is 20.8 Å². The lowest BCUT2D eigenvalue weighted by atomic mass is 10.1. The third-order valence-corrected chi connectivity index (χ3v) is 5.57. The molecule has 1 aromatic carbocycles. The monoisotopic (exact) mass is 367 g/mol. The Morgan fingerprint density at radius 3 is 2.41 bits per heavy atom. The topological polar surface area (TPSA) is 35.5 Å². The van der Waals surface area contributed by atoms with Gasteiger partial charge < -0.3 is 14.7 Å². The molecule has 0 spiro atoms. The van der Waals surface area contributed by atoms with Gasteiger partial charge in [0.25, 0.3) is 0 Å². The first-order chi connectivity index (χ1) is 13.0. The van der Waals surface area contributed by atoms with Crippen LogP contribution >= 0.6 is 0 Å². The molecule has 1 aliphatic rings. The van der Waals surface area contributed by atoms with Crippen molar-refractivity contribution in [1.29, 1.82) is 0 Å². The van der Waals surface area contributed by atoms with E-state index in [1.54, 1.807) is 0 Å². The zero-order valence-corrected chi connectivity index (χ0v) is 17.5. The van der Waals surface area contributed by atoms with Crippen molar-refractivity contribution in [3.05, 3.63) is 41.2 Å². The van der Waals surface area contributed by atoms with Gasteiger partial charge in [0, 0.05) is 51.5 Å². The molecule has 0 unspecified atom stereocenters. The maximum atomic E-state index is 4.72. The van der Waals surface area contributed by atoms with Crippen LogP contribution in [0.3, 0.4) is 0 Å². The summed E-state index contributed by atoms with van der Waals surface area (Å²) in [5.74, 6) is 2.94. The number of rotatable bonds is 6. The highest BCUT2D eigenvalue weighted by Gasteiger charge is 2.21. The average molecular weight is 368 g/mol. The lowest BCUT2D eigenvalue weighted by Crippen LogP contribution is -2.47. The second kappa shape index (κ2) is 8.59. The Hall–Kier alpha value is -2.30. The molecule has 0 saturated carbocycles. The van der Waals surface area contributed by atoms with E-state index in [9.17, 15) is 0 Å². The van der Waals surface area contributed by atoms with E-state index in [1.165, 1.54) is 29.7 Å². The van der Waals surface area contributed by atoms with Gasteiger partial charge in [-0.15, -0.1) is 0 Å². The lowest BCUT2D eigenvalue weighted by molar-refractivity contribution is 0.644. The third-order valence-electron chi connectivity index (χ3n) is 5.57. The quantitative estimate of drug-likeness (QED) is 0.772. The Morgan fingerprint density at radius 2 is 1.70 bits per heavy atom. The number of benzene rings is 1. The summed E-state index contributed by atoms with van der Waals surface area (Å²) < 4.78 is 0. The fraction of sp³-hybridized carbons (Fsp3) is 0.545. The summed E-state index contributed by atoms with van der Waals surface area (Å²) in [5, 5.41) is 0. The van der Waals surface area contributed by atoms with Gasteiger partial charge in [-0.1, -0.05) is 25.5 Å². The molecule has 1 saturated heterocycles. The van der Waals surface area contributed by atoms with Crippen molar-refractivity contribution in [3.8, 4) is 0 Å². The van der Waals surface area contributed by atoms with Gasteiger partial charge >= 0.3 is 0 Å². The molecule has 5 nitrogen and oxygen atoms in total. The maximum absolute atomic E-state index is 4.72. The lowest BCUT2D eigenvalue weighted by Gasteiger charge is -2.38. The van der Waals surface area contributed by atoms with Crippen LogP contribution in [0.4, 0.5) is 17.3 Å². The van der Waals surface area contributed by atoms with E-state index in [0.29, 0.717) is 0 Å². The average Bonchev–Trinajstić information content (AvgIpc) is 2.68. The normalized spacial score (nSPS) is 14.6. The van der Waals surface area contributed by atoms with Crippen LogP contribution in [0.25, 0.3) is 0 Å². The molecule has 3 rings (SSSR count).